The van der Waals surface area contributed by atoms with Crippen molar-refractivity contribution in [1.82, 2.24) is 14.9 Å². The SMILES string of the molecule is CC[C@@H](CCC[C@@H](CO)N(CCC(C)C)S(=O)(=O)c1ccc(N)c(F)c1)NC(=O)[C@@H](NC(=O)OC)C(c1ccccc1)c1ccccc1. The van der Waals surface area contributed by atoms with Crippen molar-refractivity contribution in [3.8, 4) is 0 Å². The van der Waals surface area contributed by atoms with Crippen LogP contribution in [0.3, 0.4) is 0 Å². The molecular formula is C36H49FN4O6S. The largest absolute Gasteiger partial charge is 0.453 e. The number of nitrogen functional groups attached to an aromatic ring is 1. The van der Waals surface area contributed by atoms with E-state index < -0.39 is 52.4 Å². The summed E-state index contributed by atoms with van der Waals surface area (Å²) in [5.41, 5.74) is 7.10. The molecule has 0 fully saturated rings. The van der Waals surface area contributed by atoms with Crippen LogP contribution < -0.4 is 16.4 Å². The molecule has 3 atom stereocenters. The van der Waals surface area contributed by atoms with E-state index in [1.165, 1.54) is 23.5 Å². The number of anilines is 1. The summed E-state index contributed by atoms with van der Waals surface area (Å²) in [6, 6.07) is 20.2. The number of hydrogen-bond donors (Lipinski definition) is 4. The van der Waals surface area contributed by atoms with Crippen molar-refractivity contribution in [2.75, 3.05) is 26.0 Å². The molecule has 2 amide bonds. The first kappa shape index (κ1) is 38.4. The topological polar surface area (TPSA) is 151 Å². The van der Waals surface area contributed by atoms with Gasteiger partial charge in [0.1, 0.15) is 11.9 Å². The molecule has 262 valence electrons. The monoisotopic (exact) mass is 684 g/mol. The Morgan fingerprint density at radius 2 is 1.54 bits per heavy atom. The first-order chi connectivity index (χ1) is 22.9. The van der Waals surface area contributed by atoms with E-state index >= 15 is 0 Å². The van der Waals surface area contributed by atoms with Crippen LogP contribution in [0.25, 0.3) is 0 Å². The lowest BCUT2D eigenvalue weighted by molar-refractivity contribution is -0.124. The molecule has 3 aromatic rings. The van der Waals surface area contributed by atoms with Crippen LogP contribution in [0.1, 0.15) is 69.9 Å². The van der Waals surface area contributed by atoms with Crippen molar-refractivity contribution < 1.29 is 32.2 Å². The maximum Gasteiger partial charge on any atom is 0.407 e. The number of halogens is 1. The molecule has 3 rings (SSSR count). The summed E-state index contributed by atoms with van der Waals surface area (Å²) in [6.45, 7) is 5.58. The number of nitrogens with zero attached hydrogens (tertiary/aromatic N) is 1. The molecule has 0 radical (unpaired) electrons. The van der Waals surface area contributed by atoms with E-state index in [1.807, 2.05) is 81.4 Å². The van der Waals surface area contributed by atoms with Crippen molar-refractivity contribution in [2.24, 2.45) is 5.92 Å². The number of ether oxygens (including phenoxy) is 1. The summed E-state index contributed by atoms with van der Waals surface area (Å²) in [6.07, 6.45) is 1.64. The second kappa shape index (κ2) is 18.5. The first-order valence-corrected chi connectivity index (χ1v) is 17.8. The molecule has 0 heterocycles. The van der Waals surface area contributed by atoms with Crippen molar-refractivity contribution in [3.05, 3.63) is 95.8 Å². The van der Waals surface area contributed by atoms with Gasteiger partial charge in [-0.2, -0.15) is 4.31 Å². The van der Waals surface area contributed by atoms with Gasteiger partial charge in [-0.1, -0.05) is 81.4 Å². The third-order valence-electron chi connectivity index (χ3n) is 8.44. The summed E-state index contributed by atoms with van der Waals surface area (Å²) >= 11 is 0. The number of aliphatic hydroxyl groups excluding tert-OH is 1. The van der Waals surface area contributed by atoms with E-state index in [-0.39, 0.29) is 29.1 Å². The highest BCUT2D eigenvalue weighted by Gasteiger charge is 2.35. The summed E-state index contributed by atoms with van der Waals surface area (Å²) in [4.78, 5) is 26.2. The molecule has 5 N–H and O–H groups in total. The number of carbonyl (C=O) groups excluding carboxylic acids is 2. The van der Waals surface area contributed by atoms with Crippen molar-refractivity contribution >= 4 is 27.7 Å². The summed E-state index contributed by atoms with van der Waals surface area (Å²) < 4.78 is 47.8. The number of nitrogens with two attached hydrogens (primary N) is 1. The minimum absolute atomic E-state index is 0.145. The fourth-order valence-corrected chi connectivity index (χ4v) is 7.34. The predicted octanol–water partition coefficient (Wildman–Crippen LogP) is 5.43. The molecule has 0 saturated carbocycles. The van der Waals surface area contributed by atoms with E-state index in [0.29, 0.717) is 32.1 Å². The lowest BCUT2D eigenvalue weighted by Gasteiger charge is -2.31. The fourth-order valence-electron chi connectivity index (χ4n) is 5.67. The van der Waals surface area contributed by atoms with Gasteiger partial charge in [-0.05, 0) is 67.3 Å². The van der Waals surface area contributed by atoms with Crippen molar-refractivity contribution in [3.63, 3.8) is 0 Å². The number of hydrogen-bond acceptors (Lipinski definition) is 7. The molecule has 0 bridgehead atoms. The summed E-state index contributed by atoms with van der Waals surface area (Å²) in [5, 5.41) is 16.2. The zero-order chi connectivity index (χ0) is 35.3. The molecule has 12 heteroatoms. The highest BCUT2D eigenvalue weighted by atomic mass is 32.2. The third-order valence-corrected chi connectivity index (χ3v) is 10.4. The van der Waals surface area contributed by atoms with Gasteiger partial charge in [-0.3, -0.25) is 4.79 Å². The Hall–Kier alpha value is -4.00. The van der Waals surface area contributed by atoms with E-state index in [2.05, 4.69) is 10.6 Å². The molecule has 0 aliphatic heterocycles. The first-order valence-electron chi connectivity index (χ1n) is 16.3. The van der Waals surface area contributed by atoms with Gasteiger partial charge >= 0.3 is 6.09 Å². The van der Waals surface area contributed by atoms with Gasteiger partial charge in [0.25, 0.3) is 0 Å². The number of alkyl carbamates (subject to hydrolysis) is 1. The Labute approximate surface area is 283 Å². The minimum atomic E-state index is -4.15. The summed E-state index contributed by atoms with van der Waals surface area (Å²) in [5.74, 6) is -1.55. The Morgan fingerprint density at radius 3 is 2.04 bits per heavy atom. The van der Waals surface area contributed by atoms with Gasteiger partial charge in [0.05, 0.1) is 24.3 Å². The Kier molecular flexibility index (Phi) is 14.8. The number of sulfonamides is 1. The van der Waals surface area contributed by atoms with Crippen molar-refractivity contribution in [2.45, 2.75) is 81.8 Å². The number of benzene rings is 3. The van der Waals surface area contributed by atoms with Gasteiger partial charge in [0.15, 0.2) is 0 Å². The van der Waals surface area contributed by atoms with Crippen LogP contribution in [-0.4, -0.2) is 68.2 Å². The minimum Gasteiger partial charge on any atom is -0.453 e. The Bertz CT molecular complexity index is 1520. The molecule has 10 nitrogen and oxygen atoms in total. The lowest BCUT2D eigenvalue weighted by atomic mass is 9.84. The van der Waals surface area contributed by atoms with Crippen LogP contribution in [0.5, 0.6) is 0 Å². The molecule has 0 saturated heterocycles. The zero-order valence-corrected chi connectivity index (χ0v) is 29.0. The number of carbonyl (C=O) groups is 2. The molecule has 0 aliphatic rings. The van der Waals surface area contributed by atoms with Gasteiger partial charge in [0, 0.05) is 24.5 Å². The van der Waals surface area contributed by atoms with Crippen LogP contribution in [0.15, 0.2) is 83.8 Å². The zero-order valence-electron chi connectivity index (χ0n) is 28.1. The Morgan fingerprint density at radius 1 is 0.938 bits per heavy atom. The smallest absolute Gasteiger partial charge is 0.407 e. The quantitative estimate of drug-likeness (QED) is 0.131. The van der Waals surface area contributed by atoms with Gasteiger partial charge < -0.3 is 26.2 Å². The predicted molar refractivity (Wildman–Crippen MR) is 185 cm³/mol. The lowest BCUT2D eigenvalue weighted by Crippen LogP contribution is -2.52. The molecule has 3 aromatic carbocycles. The number of nitrogens with one attached hydrogen (secondary N) is 2. The molecule has 0 spiro atoms. The third kappa shape index (κ3) is 10.5. The second-order valence-electron chi connectivity index (χ2n) is 12.3. The number of aliphatic hydroxyl groups is 1. The van der Waals surface area contributed by atoms with Gasteiger partial charge in [-0.15, -0.1) is 0 Å². The highest BCUT2D eigenvalue weighted by molar-refractivity contribution is 7.89. The summed E-state index contributed by atoms with van der Waals surface area (Å²) in [7, 11) is -2.91. The van der Waals surface area contributed by atoms with E-state index in [4.69, 9.17) is 10.5 Å². The average Bonchev–Trinajstić information content (AvgIpc) is 3.08. The highest BCUT2D eigenvalue weighted by Crippen LogP contribution is 2.29. The second-order valence-corrected chi connectivity index (χ2v) is 14.2. The average molecular weight is 685 g/mol. The van der Waals surface area contributed by atoms with E-state index in [1.54, 1.807) is 0 Å². The molecule has 0 unspecified atom stereocenters. The van der Waals surface area contributed by atoms with Crippen LogP contribution in [0.4, 0.5) is 14.9 Å². The molecular weight excluding hydrogens is 635 g/mol. The van der Waals surface area contributed by atoms with Gasteiger partial charge in [-0.25, -0.2) is 17.6 Å². The molecule has 0 aromatic heterocycles. The molecule has 48 heavy (non-hydrogen) atoms. The maximum absolute atomic E-state index is 14.3. The van der Waals surface area contributed by atoms with Crippen LogP contribution in [0, 0.1) is 11.7 Å². The van der Waals surface area contributed by atoms with Crippen LogP contribution >= 0.6 is 0 Å². The molecule has 0 aliphatic carbocycles. The van der Waals surface area contributed by atoms with Gasteiger partial charge in [0.2, 0.25) is 15.9 Å². The standard InChI is InChI=1S/C36H49FN4O6S/c1-5-28(17-12-18-29(24-42)41(22-21-25(2)3)48(45,46)30-19-20-32(38)31(37)23-30)39-35(43)34(40-36(44)47-4)33(26-13-8-6-9-14-26)27-15-10-7-11-16-27/h6-11,13-16,19-20,23,25,28-29,33-34,42H,5,12,17-18,21-22,24,38H2,1-4H3,(H,39,43)(H,40,44)/t28-,29-,34-/m0/s1. The van der Waals surface area contributed by atoms with Crippen LogP contribution in [0.2, 0.25) is 0 Å². The number of rotatable bonds is 18. The fraction of sp³-hybridized carbons (Fsp3) is 0.444. The number of methoxy groups -OCH3 is 1. The van der Waals surface area contributed by atoms with Crippen molar-refractivity contribution in [1.29, 1.82) is 0 Å². The van der Waals surface area contributed by atoms with E-state index in [0.717, 1.165) is 17.2 Å². The number of amides is 2. The Balaban J connectivity index is 1.80. The normalized spacial score (nSPS) is 13.7. The van der Waals surface area contributed by atoms with E-state index in [9.17, 15) is 27.5 Å². The maximum atomic E-state index is 14.3. The van der Waals surface area contributed by atoms with Crippen LogP contribution in [-0.2, 0) is 19.6 Å².